The van der Waals surface area contributed by atoms with Crippen molar-refractivity contribution in [3.8, 4) is 17.3 Å². The number of piperidine rings is 1. The van der Waals surface area contributed by atoms with Gasteiger partial charge in [-0.15, -0.1) is 0 Å². The van der Waals surface area contributed by atoms with E-state index in [2.05, 4.69) is 25.1 Å². The van der Waals surface area contributed by atoms with Crippen LogP contribution in [0.3, 0.4) is 0 Å². The first-order valence-electron chi connectivity index (χ1n) is 8.97. The van der Waals surface area contributed by atoms with Crippen molar-refractivity contribution < 1.29 is 9.53 Å². The fraction of sp³-hybridized carbons (Fsp3) is 0.316. The average Bonchev–Trinajstić information content (AvgIpc) is 3.24. The molecule has 1 aliphatic heterocycles. The quantitative estimate of drug-likeness (QED) is 0.725. The predicted molar refractivity (Wildman–Crippen MR) is 103 cm³/mol. The molecule has 1 aliphatic rings. The molecule has 0 spiro atoms. The maximum atomic E-state index is 12.9. The van der Waals surface area contributed by atoms with Crippen LogP contribution in [0.1, 0.15) is 34.9 Å². The molecule has 1 amide bonds. The Kier molecular flexibility index (Phi) is 5.21. The number of H-pyrrole nitrogens is 1. The molecule has 9 heteroatoms. The van der Waals surface area contributed by atoms with Gasteiger partial charge in [-0.3, -0.25) is 14.9 Å². The summed E-state index contributed by atoms with van der Waals surface area (Å²) in [6.45, 7) is 1.25. The second-order valence-electron chi connectivity index (χ2n) is 6.55. The van der Waals surface area contributed by atoms with Crippen molar-refractivity contribution >= 4 is 17.5 Å². The minimum atomic E-state index is -0.0735. The molecule has 0 saturated carbocycles. The van der Waals surface area contributed by atoms with E-state index in [9.17, 15) is 4.79 Å². The van der Waals surface area contributed by atoms with Gasteiger partial charge in [-0.1, -0.05) is 11.6 Å². The van der Waals surface area contributed by atoms with Crippen LogP contribution in [0, 0.1) is 0 Å². The zero-order chi connectivity index (χ0) is 19.5. The van der Waals surface area contributed by atoms with E-state index in [1.165, 1.54) is 0 Å². The number of hydrogen-bond donors (Lipinski definition) is 1. The maximum absolute atomic E-state index is 12.9. The minimum absolute atomic E-state index is 0.0735. The highest BCUT2D eigenvalue weighted by Crippen LogP contribution is 2.29. The summed E-state index contributed by atoms with van der Waals surface area (Å²) >= 11 is 6.06. The number of amides is 1. The molecule has 3 heterocycles. The van der Waals surface area contributed by atoms with Gasteiger partial charge < -0.3 is 9.64 Å². The molecule has 1 aromatic carbocycles. The normalized spacial score (nSPS) is 14.9. The minimum Gasteiger partial charge on any atom is -0.496 e. The molecule has 4 rings (SSSR count). The number of carbonyl (C=O) groups is 1. The van der Waals surface area contributed by atoms with Gasteiger partial charge in [-0.2, -0.15) is 5.10 Å². The molecular formula is C19H19ClN6O2. The first-order chi connectivity index (χ1) is 13.7. The van der Waals surface area contributed by atoms with E-state index in [1.54, 1.807) is 43.9 Å². The summed E-state index contributed by atoms with van der Waals surface area (Å²) in [4.78, 5) is 27.5. The van der Waals surface area contributed by atoms with Crippen molar-refractivity contribution in [3.05, 3.63) is 53.2 Å². The number of rotatable bonds is 4. The van der Waals surface area contributed by atoms with Gasteiger partial charge in [0.25, 0.3) is 5.91 Å². The molecular weight excluding hydrogens is 380 g/mol. The first-order valence-corrected chi connectivity index (χ1v) is 9.35. The molecule has 28 heavy (non-hydrogen) atoms. The molecule has 1 saturated heterocycles. The van der Waals surface area contributed by atoms with E-state index in [-0.39, 0.29) is 11.8 Å². The average molecular weight is 399 g/mol. The van der Waals surface area contributed by atoms with Crippen molar-refractivity contribution in [1.82, 2.24) is 30.0 Å². The van der Waals surface area contributed by atoms with Crippen molar-refractivity contribution in [3.63, 3.8) is 0 Å². The van der Waals surface area contributed by atoms with Gasteiger partial charge in [0.2, 0.25) is 5.82 Å². The molecule has 0 atom stereocenters. The molecule has 1 N–H and O–H groups in total. The lowest BCUT2D eigenvalue weighted by Crippen LogP contribution is -2.38. The third-order valence-corrected chi connectivity index (χ3v) is 5.09. The fourth-order valence-electron chi connectivity index (χ4n) is 3.36. The van der Waals surface area contributed by atoms with Crippen LogP contribution >= 0.6 is 11.6 Å². The number of aromatic amines is 1. The van der Waals surface area contributed by atoms with E-state index in [0.29, 0.717) is 40.9 Å². The van der Waals surface area contributed by atoms with Crippen LogP contribution in [0.5, 0.6) is 5.75 Å². The molecule has 0 aliphatic carbocycles. The summed E-state index contributed by atoms with van der Waals surface area (Å²) in [5.41, 5.74) is 1.11. The van der Waals surface area contributed by atoms with Crippen LogP contribution in [0.2, 0.25) is 5.02 Å². The van der Waals surface area contributed by atoms with Crippen LogP contribution in [-0.4, -0.2) is 56.2 Å². The largest absolute Gasteiger partial charge is 0.496 e. The topological polar surface area (TPSA) is 96.9 Å². The van der Waals surface area contributed by atoms with Crippen LogP contribution in [0.4, 0.5) is 0 Å². The van der Waals surface area contributed by atoms with Gasteiger partial charge in [0.05, 0.1) is 18.9 Å². The molecule has 8 nitrogen and oxygen atoms in total. The smallest absolute Gasteiger partial charge is 0.257 e. The summed E-state index contributed by atoms with van der Waals surface area (Å²) in [7, 11) is 1.55. The third kappa shape index (κ3) is 3.68. The Bertz CT molecular complexity index is 970. The van der Waals surface area contributed by atoms with E-state index >= 15 is 0 Å². The van der Waals surface area contributed by atoms with Gasteiger partial charge in [0.15, 0.2) is 0 Å². The molecule has 0 unspecified atom stereocenters. The van der Waals surface area contributed by atoms with Gasteiger partial charge in [-0.05, 0) is 31.0 Å². The Hall–Kier alpha value is -3.00. The third-order valence-electron chi connectivity index (χ3n) is 4.86. The monoisotopic (exact) mass is 398 g/mol. The number of hydrogen-bond acceptors (Lipinski definition) is 6. The highest BCUT2D eigenvalue weighted by molar-refractivity contribution is 6.31. The lowest BCUT2D eigenvalue weighted by atomic mass is 9.95. The number of aromatic nitrogens is 5. The second-order valence-corrected chi connectivity index (χ2v) is 6.98. The number of ether oxygens (including phenoxy) is 1. The number of nitrogens with one attached hydrogen (secondary N) is 1. The predicted octanol–water partition coefficient (Wildman–Crippen LogP) is 2.94. The van der Waals surface area contributed by atoms with Gasteiger partial charge in [0, 0.05) is 36.4 Å². The number of benzene rings is 1. The number of likely N-dealkylation sites (tertiary alicyclic amines) is 1. The van der Waals surface area contributed by atoms with Crippen LogP contribution < -0.4 is 4.74 Å². The van der Waals surface area contributed by atoms with Crippen LogP contribution in [0.15, 0.2) is 36.8 Å². The summed E-state index contributed by atoms with van der Waals surface area (Å²) in [5.74, 6) is 2.01. The lowest BCUT2D eigenvalue weighted by Gasteiger charge is -2.31. The van der Waals surface area contributed by atoms with Crippen molar-refractivity contribution in [2.45, 2.75) is 18.8 Å². The Morgan fingerprint density at radius 1 is 1.29 bits per heavy atom. The molecule has 3 aromatic rings. The Morgan fingerprint density at radius 3 is 2.82 bits per heavy atom. The zero-order valence-corrected chi connectivity index (χ0v) is 16.1. The highest BCUT2D eigenvalue weighted by Gasteiger charge is 2.28. The van der Waals surface area contributed by atoms with E-state index in [4.69, 9.17) is 16.3 Å². The summed E-state index contributed by atoms with van der Waals surface area (Å²) in [6, 6.07) is 5.07. The fourth-order valence-corrected chi connectivity index (χ4v) is 3.53. The number of nitrogens with zero attached hydrogens (tertiary/aromatic N) is 5. The van der Waals surface area contributed by atoms with E-state index in [0.717, 1.165) is 18.7 Å². The number of halogens is 1. The molecule has 0 radical (unpaired) electrons. The Balaban J connectivity index is 1.43. The highest BCUT2D eigenvalue weighted by atomic mass is 35.5. The Morgan fingerprint density at radius 2 is 2.11 bits per heavy atom. The van der Waals surface area contributed by atoms with Gasteiger partial charge in [0.1, 0.15) is 17.3 Å². The van der Waals surface area contributed by atoms with Crippen molar-refractivity contribution in [1.29, 1.82) is 0 Å². The second kappa shape index (κ2) is 7.93. The van der Waals surface area contributed by atoms with Crippen molar-refractivity contribution in [2.24, 2.45) is 0 Å². The molecule has 2 aromatic heterocycles. The Labute approximate surface area is 166 Å². The van der Waals surface area contributed by atoms with Crippen LogP contribution in [-0.2, 0) is 0 Å². The number of methoxy groups -OCH3 is 1. The molecule has 0 bridgehead atoms. The van der Waals surface area contributed by atoms with Gasteiger partial charge >= 0.3 is 0 Å². The summed E-state index contributed by atoms with van der Waals surface area (Å²) < 4.78 is 5.31. The van der Waals surface area contributed by atoms with E-state index in [1.807, 2.05) is 4.90 Å². The standard InChI is InChI=1S/C19H19ClN6O2/c1-28-16-3-2-13(20)10-14(16)19(27)26-8-4-12(5-9-26)17-23-18(25-24-17)15-11-21-6-7-22-15/h2-3,6-7,10-12H,4-5,8-9H2,1H3,(H,23,24,25). The number of carbonyl (C=O) groups excluding carboxylic acids is 1. The SMILES string of the molecule is COc1ccc(Cl)cc1C(=O)N1CCC(c2nc(-c3cnccn3)n[nH]2)CC1. The molecule has 1 fully saturated rings. The van der Waals surface area contributed by atoms with E-state index < -0.39 is 0 Å². The first kappa shape index (κ1) is 18.4. The van der Waals surface area contributed by atoms with Crippen molar-refractivity contribution in [2.75, 3.05) is 20.2 Å². The zero-order valence-electron chi connectivity index (χ0n) is 15.3. The maximum Gasteiger partial charge on any atom is 0.257 e. The van der Waals surface area contributed by atoms with Gasteiger partial charge in [-0.25, -0.2) is 9.97 Å². The molecule has 144 valence electrons. The lowest BCUT2D eigenvalue weighted by molar-refractivity contribution is 0.0708. The summed E-state index contributed by atoms with van der Waals surface area (Å²) in [6.07, 6.45) is 6.44. The van der Waals surface area contributed by atoms with Crippen LogP contribution in [0.25, 0.3) is 11.5 Å². The summed E-state index contributed by atoms with van der Waals surface area (Å²) in [5, 5.41) is 7.76.